The Morgan fingerprint density at radius 2 is 2.06 bits per heavy atom. The maximum Gasteiger partial charge on any atom is 0.235 e. The van der Waals surface area contributed by atoms with Crippen molar-refractivity contribution in [1.82, 2.24) is 10.6 Å². The van der Waals surface area contributed by atoms with Crippen LogP contribution in [0.25, 0.3) is 0 Å². The summed E-state index contributed by atoms with van der Waals surface area (Å²) in [5.74, 6) is -0.921. The summed E-state index contributed by atoms with van der Waals surface area (Å²) in [6, 6.07) is 6.02. The third-order valence-corrected chi connectivity index (χ3v) is 3.57. The van der Waals surface area contributed by atoms with Crippen molar-refractivity contribution in [3.05, 3.63) is 34.9 Å². The van der Waals surface area contributed by atoms with Crippen LogP contribution >= 0.6 is 0 Å². The highest BCUT2D eigenvalue weighted by atomic mass is 32.2. The molecule has 0 bridgehead atoms. The lowest BCUT2D eigenvalue weighted by atomic mass is 10.1. The number of amides is 1. The Morgan fingerprint density at radius 1 is 1.33 bits per heavy atom. The summed E-state index contributed by atoms with van der Waals surface area (Å²) in [6.45, 7) is 2.10. The maximum absolute atomic E-state index is 11.4. The van der Waals surface area contributed by atoms with Crippen LogP contribution in [0.15, 0.2) is 18.2 Å². The summed E-state index contributed by atoms with van der Waals surface area (Å²) in [7, 11) is -3.26. The van der Waals surface area contributed by atoms with Crippen LogP contribution < -0.4 is 10.6 Å². The summed E-state index contributed by atoms with van der Waals surface area (Å²) >= 11 is 0. The first-order valence-electron chi connectivity index (χ1n) is 5.70. The van der Waals surface area contributed by atoms with E-state index in [0.29, 0.717) is 6.54 Å². The average Bonchev–Trinajstić information content (AvgIpc) is 2.71. The van der Waals surface area contributed by atoms with Gasteiger partial charge in [-0.15, -0.1) is 0 Å². The van der Waals surface area contributed by atoms with Gasteiger partial charge in [0.2, 0.25) is 5.91 Å². The van der Waals surface area contributed by atoms with Gasteiger partial charge in [0.25, 0.3) is 0 Å². The van der Waals surface area contributed by atoms with Crippen molar-refractivity contribution in [2.24, 2.45) is 0 Å². The molecule has 0 aliphatic carbocycles. The minimum Gasteiger partial charge on any atom is -0.351 e. The van der Waals surface area contributed by atoms with Crippen molar-refractivity contribution in [3.8, 4) is 0 Å². The van der Waals surface area contributed by atoms with Gasteiger partial charge in [-0.1, -0.05) is 18.2 Å². The van der Waals surface area contributed by atoms with Crippen LogP contribution in [0.1, 0.15) is 16.7 Å². The summed E-state index contributed by atoms with van der Waals surface area (Å²) in [5, 5.41) is 5.85. The van der Waals surface area contributed by atoms with E-state index >= 15 is 0 Å². The SMILES string of the molecule is CS(=O)(=O)CC(=O)NCc1ccc2c(c1)CNC2. The molecule has 0 fully saturated rings. The molecule has 0 unspecified atom stereocenters. The molecule has 1 aromatic rings. The zero-order chi connectivity index (χ0) is 13.2. The van der Waals surface area contributed by atoms with E-state index in [1.165, 1.54) is 11.1 Å². The van der Waals surface area contributed by atoms with Gasteiger partial charge in [0, 0.05) is 25.9 Å². The molecule has 1 aliphatic rings. The smallest absolute Gasteiger partial charge is 0.235 e. The zero-order valence-corrected chi connectivity index (χ0v) is 11.0. The van der Waals surface area contributed by atoms with Crippen molar-refractivity contribution in [1.29, 1.82) is 0 Å². The average molecular weight is 268 g/mol. The number of fused-ring (bicyclic) bond motifs is 1. The molecule has 6 heteroatoms. The quantitative estimate of drug-likeness (QED) is 0.803. The van der Waals surface area contributed by atoms with Gasteiger partial charge in [-0.25, -0.2) is 8.42 Å². The molecule has 0 saturated heterocycles. The van der Waals surface area contributed by atoms with Crippen LogP contribution in [-0.2, 0) is 34.3 Å². The van der Waals surface area contributed by atoms with Crippen LogP contribution in [0.3, 0.4) is 0 Å². The maximum atomic E-state index is 11.4. The first kappa shape index (κ1) is 13.0. The third kappa shape index (κ3) is 3.54. The molecule has 1 heterocycles. The Kier molecular flexibility index (Phi) is 3.68. The van der Waals surface area contributed by atoms with Crippen molar-refractivity contribution in [3.63, 3.8) is 0 Å². The zero-order valence-electron chi connectivity index (χ0n) is 10.2. The molecule has 1 aromatic carbocycles. The summed E-state index contributed by atoms with van der Waals surface area (Å²) < 4.78 is 21.9. The third-order valence-electron chi connectivity index (χ3n) is 2.78. The first-order chi connectivity index (χ1) is 8.44. The Hall–Kier alpha value is -1.40. The standard InChI is InChI=1S/C12H16N2O3S/c1-18(16,17)8-12(15)14-5-9-2-3-10-6-13-7-11(10)4-9/h2-4,13H,5-8H2,1H3,(H,14,15). The van der Waals surface area contributed by atoms with Crippen LogP contribution in [0.5, 0.6) is 0 Å². The highest BCUT2D eigenvalue weighted by Gasteiger charge is 2.12. The predicted molar refractivity (Wildman–Crippen MR) is 68.5 cm³/mol. The molecule has 1 aliphatic heterocycles. The van der Waals surface area contributed by atoms with Gasteiger partial charge in [0.05, 0.1) is 0 Å². The molecular weight excluding hydrogens is 252 g/mol. The molecule has 0 aromatic heterocycles. The topological polar surface area (TPSA) is 75.3 Å². The van der Waals surface area contributed by atoms with Crippen molar-refractivity contribution >= 4 is 15.7 Å². The fourth-order valence-corrected chi connectivity index (χ4v) is 2.53. The number of carbonyl (C=O) groups is 1. The fourth-order valence-electron chi connectivity index (χ4n) is 1.95. The number of hydrogen-bond acceptors (Lipinski definition) is 4. The lowest BCUT2D eigenvalue weighted by Gasteiger charge is -2.06. The number of sulfone groups is 1. The fraction of sp³-hybridized carbons (Fsp3) is 0.417. The van der Waals surface area contributed by atoms with E-state index in [0.717, 1.165) is 24.9 Å². The Bertz CT molecular complexity index is 567. The van der Waals surface area contributed by atoms with E-state index in [9.17, 15) is 13.2 Å². The second-order valence-corrected chi connectivity index (χ2v) is 6.69. The van der Waals surface area contributed by atoms with E-state index in [4.69, 9.17) is 0 Å². The lowest BCUT2D eigenvalue weighted by molar-refractivity contribution is -0.118. The van der Waals surface area contributed by atoms with Crippen LogP contribution in [0, 0.1) is 0 Å². The van der Waals surface area contributed by atoms with E-state index in [1.807, 2.05) is 18.2 Å². The van der Waals surface area contributed by atoms with E-state index in [-0.39, 0.29) is 0 Å². The molecule has 98 valence electrons. The van der Waals surface area contributed by atoms with Gasteiger partial charge >= 0.3 is 0 Å². The lowest BCUT2D eigenvalue weighted by Crippen LogP contribution is -2.29. The number of carbonyl (C=O) groups excluding carboxylic acids is 1. The summed E-state index contributed by atoms with van der Waals surface area (Å²) in [4.78, 5) is 11.4. The second-order valence-electron chi connectivity index (χ2n) is 4.55. The van der Waals surface area contributed by atoms with Gasteiger partial charge in [-0.2, -0.15) is 0 Å². The summed E-state index contributed by atoms with van der Waals surface area (Å²) in [6.07, 6.45) is 1.05. The molecule has 5 nitrogen and oxygen atoms in total. The van der Waals surface area contributed by atoms with Crippen LogP contribution in [0.2, 0.25) is 0 Å². The molecule has 18 heavy (non-hydrogen) atoms. The van der Waals surface area contributed by atoms with Crippen LogP contribution in [-0.4, -0.2) is 26.3 Å². The van der Waals surface area contributed by atoms with E-state index in [1.54, 1.807) is 0 Å². The largest absolute Gasteiger partial charge is 0.351 e. The van der Waals surface area contributed by atoms with Gasteiger partial charge < -0.3 is 10.6 Å². The molecule has 2 N–H and O–H groups in total. The van der Waals surface area contributed by atoms with Gasteiger partial charge in [-0.05, 0) is 16.7 Å². The number of nitrogens with one attached hydrogen (secondary N) is 2. The van der Waals surface area contributed by atoms with Crippen molar-refractivity contribution in [2.75, 3.05) is 12.0 Å². The first-order valence-corrected chi connectivity index (χ1v) is 7.76. The van der Waals surface area contributed by atoms with Crippen LogP contribution in [0.4, 0.5) is 0 Å². The Labute approximate surface area is 107 Å². The molecule has 0 radical (unpaired) electrons. The number of hydrogen-bond donors (Lipinski definition) is 2. The molecule has 1 amide bonds. The molecule has 2 rings (SSSR count). The molecule has 0 spiro atoms. The Morgan fingerprint density at radius 3 is 2.78 bits per heavy atom. The van der Waals surface area contributed by atoms with Crippen molar-refractivity contribution < 1.29 is 13.2 Å². The molecular formula is C12H16N2O3S. The minimum atomic E-state index is -3.26. The predicted octanol–water partition coefficient (Wildman–Crippen LogP) is -0.0494. The number of rotatable bonds is 4. The van der Waals surface area contributed by atoms with E-state index < -0.39 is 21.5 Å². The highest BCUT2D eigenvalue weighted by Crippen LogP contribution is 2.16. The second kappa shape index (κ2) is 5.07. The summed E-state index contributed by atoms with van der Waals surface area (Å²) in [5.41, 5.74) is 3.50. The molecule has 0 saturated carbocycles. The van der Waals surface area contributed by atoms with Gasteiger partial charge in [-0.3, -0.25) is 4.79 Å². The normalized spacial score (nSPS) is 14.3. The Balaban J connectivity index is 1.93. The number of benzene rings is 1. The minimum absolute atomic E-state index is 0.363. The monoisotopic (exact) mass is 268 g/mol. The van der Waals surface area contributed by atoms with Gasteiger partial charge in [0.15, 0.2) is 9.84 Å². The van der Waals surface area contributed by atoms with Crippen molar-refractivity contribution in [2.45, 2.75) is 19.6 Å². The highest BCUT2D eigenvalue weighted by molar-refractivity contribution is 7.91. The molecule has 0 atom stereocenters. The van der Waals surface area contributed by atoms with E-state index in [2.05, 4.69) is 10.6 Å². The van der Waals surface area contributed by atoms with Gasteiger partial charge in [0.1, 0.15) is 5.75 Å².